The van der Waals surface area contributed by atoms with E-state index in [9.17, 15) is 4.79 Å². The van der Waals surface area contributed by atoms with Gasteiger partial charge in [-0.2, -0.15) is 0 Å². The van der Waals surface area contributed by atoms with Gasteiger partial charge in [0.15, 0.2) is 0 Å². The van der Waals surface area contributed by atoms with Crippen LogP contribution in [0.2, 0.25) is 0 Å². The van der Waals surface area contributed by atoms with Crippen LogP contribution in [0.1, 0.15) is 26.7 Å². The van der Waals surface area contributed by atoms with E-state index in [1.54, 1.807) is 6.08 Å². The lowest BCUT2D eigenvalue weighted by molar-refractivity contribution is -0.143. The second kappa shape index (κ2) is 4.75. The molecule has 0 aromatic rings. The molecule has 0 radical (unpaired) electrons. The molecule has 1 saturated carbocycles. The van der Waals surface area contributed by atoms with E-state index in [4.69, 9.17) is 27.9 Å². The average molecular weight is 251 g/mol. The summed E-state index contributed by atoms with van der Waals surface area (Å²) in [6.45, 7) is 4.16. The van der Waals surface area contributed by atoms with Gasteiger partial charge >= 0.3 is 5.97 Å². The number of rotatable bonds is 4. The van der Waals surface area contributed by atoms with E-state index in [-0.39, 0.29) is 27.7 Å². The Balaban J connectivity index is 2.88. The van der Waals surface area contributed by atoms with Gasteiger partial charge in [-0.05, 0) is 30.3 Å². The Kier molecular flexibility index (Phi) is 4.07. The Hall–Kier alpha value is -0.210. The van der Waals surface area contributed by atoms with Crippen LogP contribution in [-0.2, 0) is 9.53 Å². The summed E-state index contributed by atoms with van der Waals surface area (Å²) in [6, 6.07) is 0. The Morgan fingerprint density at radius 3 is 2.27 bits per heavy atom. The average Bonchev–Trinajstić information content (AvgIpc) is 2.84. The Morgan fingerprint density at radius 1 is 1.40 bits per heavy atom. The number of esters is 1. The summed E-state index contributed by atoms with van der Waals surface area (Å²) in [7, 11) is 1.42. The minimum Gasteiger partial charge on any atom is -0.469 e. The predicted molar refractivity (Wildman–Crippen MR) is 61.8 cm³/mol. The van der Waals surface area contributed by atoms with Crippen molar-refractivity contribution in [3.05, 3.63) is 10.6 Å². The molecule has 15 heavy (non-hydrogen) atoms. The first-order valence-electron chi connectivity index (χ1n) is 5.14. The Labute approximate surface area is 101 Å². The summed E-state index contributed by atoms with van der Waals surface area (Å²) in [5.74, 6) is -0.107. The van der Waals surface area contributed by atoms with Crippen LogP contribution in [0.5, 0.6) is 0 Å². The van der Waals surface area contributed by atoms with Gasteiger partial charge in [-0.3, -0.25) is 4.79 Å². The third-order valence-electron chi connectivity index (χ3n) is 3.61. The second-order valence-corrected chi connectivity index (χ2v) is 4.93. The standard InChI is InChI=1S/C11H16Cl2O2/c1-4-11(5-2)7(6-8(12)13)9(11)10(14)15-3/h6-7,9H,4-5H2,1-3H3. The number of ether oxygens (including phenoxy) is 1. The second-order valence-electron chi connectivity index (χ2n) is 3.92. The third kappa shape index (κ3) is 2.16. The highest BCUT2D eigenvalue weighted by Gasteiger charge is 2.65. The van der Waals surface area contributed by atoms with Crippen molar-refractivity contribution in [2.45, 2.75) is 26.7 Å². The summed E-state index contributed by atoms with van der Waals surface area (Å²) in [6.07, 6.45) is 3.63. The molecule has 4 heteroatoms. The lowest BCUT2D eigenvalue weighted by Crippen LogP contribution is -2.10. The van der Waals surface area contributed by atoms with Crippen LogP contribution < -0.4 is 0 Å². The molecule has 2 nitrogen and oxygen atoms in total. The zero-order chi connectivity index (χ0) is 11.6. The molecule has 0 amide bonds. The van der Waals surface area contributed by atoms with E-state index in [1.165, 1.54) is 7.11 Å². The largest absolute Gasteiger partial charge is 0.469 e. The van der Waals surface area contributed by atoms with E-state index in [0.29, 0.717) is 0 Å². The molecule has 0 aliphatic heterocycles. The van der Waals surface area contributed by atoms with Crippen molar-refractivity contribution in [1.29, 1.82) is 0 Å². The molecule has 2 unspecified atom stereocenters. The normalized spacial score (nSPS) is 27.0. The zero-order valence-electron chi connectivity index (χ0n) is 9.22. The highest BCUT2D eigenvalue weighted by molar-refractivity contribution is 6.55. The summed E-state index contributed by atoms with van der Waals surface area (Å²) in [5, 5.41) is 0. The molecule has 1 aliphatic carbocycles. The molecule has 0 saturated heterocycles. The van der Waals surface area contributed by atoms with E-state index in [0.717, 1.165) is 12.8 Å². The van der Waals surface area contributed by atoms with Crippen LogP contribution in [0, 0.1) is 17.3 Å². The van der Waals surface area contributed by atoms with Crippen molar-refractivity contribution < 1.29 is 9.53 Å². The number of hydrogen-bond acceptors (Lipinski definition) is 2. The van der Waals surface area contributed by atoms with Crippen molar-refractivity contribution in [3.63, 3.8) is 0 Å². The lowest BCUT2D eigenvalue weighted by Gasteiger charge is -2.10. The van der Waals surface area contributed by atoms with Gasteiger partial charge in [0.2, 0.25) is 0 Å². The highest BCUT2D eigenvalue weighted by atomic mass is 35.5. The molecule has 0 spiro atoms. The van der Waals surface area contributed by atoms with Gasteiger partial charge in [0.1, 0.15) is 4.49 Å². The van der Waals surface area contributed by atoms with Crippen molar-refractivity contribution in [2.24, 2.45) is 17.3 Å². The molecular weight excluding hydrogens is 235 g/mol. The van der Waals surface area contributed by atoms with Crippen LogP contribution in [-0.4, -0.2) is 13.1 Å². The summed E-state index contributed by atoms with van der Waals surface area (Å²) in [4.78, 5) is 11.6. The van der Waals surface area contributed by atoms with Crippen LogP contribution in [0.4, 0.5) is 0 Å². The molecule has 0 bridgehead atoms. The van der Waals surface area contributed by atoms with E-state index in [1.807, 2.05) is 0 Å². The van der Waals surface area contributed by atoms with Gasteiger partial charge in [0, 0.05) is 0 Å². The quantitative estimate of drug-likeness (QED) is 0.714. The van der Waals surface area contributed by atoms with Crippen molar-refractivity contribution in [2.75, 3.05) is 7.11 Å². The van der Waals surface area contributed by atoms with Crippen LogP contribution >= 0.6 is 23.2 Å². The number of allylic oxidation sites excluding steroid dienone is 1. The summed E-state index contributed by atoms with van der Waals surface area (Å²) < 4.78 is 5.02. The maximum absolute atomic E-state index is 11.6. The molecule has 1 aliphatic rings. The molecule has 1 fully saturated rings. The summed E-state index contributed by atoms with van der Waals surface area (Å²) >= 11 is 11.3. The predicted octanol–water partition coefficient (Wildman–Crippen LogP) is 3.53. The number of carbonyl (C=O) groups is 1. The van der Waals surface area contributed by atoms with Crippen LogP contribution in [0.3, 0.4) is 0 Å². The molecule has 0 aromatic heterocycles. The van der Waals surface area contributed by atoms with Gasteiger partial charge in [0.05, 0.1) is 13.0 Å². The third-order valence-corrected chi connectivity index (χ3v) is 3.86. The number of hydrogen-bond donors (Lipinski definition) is 0. The molecule has 0 aromatic carbocycles. The van der Waals surface area contributed by atoms with E-state index in [2.05, 4.69) is 13.8 Å². The minimum atomic E-state index is -0.158. The first-order chi connectivity index (χ1) is 7.03. The van der Waals surface area contributed by atoms with Crippen molar-refractivity contribution in [1.82, 2.24) is 0 Å². The maximum atomic E-state index is 11.6. The molecule has 0 N–H and O–H groups in total. The monoisotopic (exact) mass is 250 g/mol. The first kappa shape index (κ1) is 12.9. The smallest absolute Gasteiger partial charge is 0.309 e. The molecule has 1 rings (SSSR count). The van der Waals surface area contributed by atoms with Gasteiger partial charge in [0.25, 0.3) is 0 Å². The molecule has 2 atom stereocenters. The number of methoxy groups -OCH3 is 1. The fourth-order valence-corrected chi connectivity index (χ4v) is 2.86. The first-order valence-corrected chi connectivity index (χ1v) is 5.89. The van der Waals surface area contributed by atoms with Crippen molar-refractivity contribution in [3.8, 4) is 0 Å². The zero-order valence-corrected chi connectivity index (χ0v) is 10.7. The number of halogens is 2. The SMILES string of the molecule is CCC1(CC)C(C=C(Cl)Cl)C1C(=O)OC. The molecule has 86 valence electrons. The minimum absolute atomic E-state index is 0.00211. The fourth-order valence-electron chi connectivity index (χ4n) is 2.59. The van der Waals surface area contributed by atoms with Gasteiger partial charge in [-0.1, -0.05) is 37.0 Å². The summed E-state index contributed by atoms with van der Waals surface area (Å²) in [5.41, 5.74) is 0.00211. The fraction of sp³-hybridized carbons (Fsp3) is 0.727. The van der Waals surface area contributed by atoms with Crippen LogP contribution in [0.15, 0.2) is 10.6 Å². The van der Waals surface area contributed by atoms with E-state index >= 15 is 0 Å². The van der Waals surface area contributed by atoms with E-state index < -0.39 is 0 Å². The number of carbonyl (C=O) groups excluding carboxylic acids is 1. The van der Waals surface area contributed by atoms with Gasteiger partial charge < -0.3 is 4.74 Å². The maximum Gasteiger partial charge on any atom is 0.309 e. The lowest BCUT2D eigenvalue weighted by atomic mass is 9.95. The molecular formula is C11H16Cl2O2. The molecule has 0 heterocycles. The Morgan fingerprint density at radius 2 is 1.93 bits per heavy atom. The van der Waals surface area contributed by atoms with Gasteiger partial charge in [-0.15, -0.1) is 0 Å². The Bertz CT molecular complexity index is 278. The highest BCUT2D eigenvalue weighted by Crippen LogP contribution is 2.64. The van der Waals surface area contributed by atoms with Crippen molar-refractivity contribution >= 4 is 29.2 Å². The van der Waals surface area contributed by atoms with Gasteiger partial charge in [-0.25, -0.2) is 0 Å². The topological polar surface area (TPSA) is 26.3 Å². The van der Waals surface area contributed by atoms with Crippen LogP contribution in [0.25, 0.3) is 0 Å².